The lowest BCUT2D eigenvalue weighted by atomic mass is 10.1. The summed E-state index contributed by atoms with van der Waals surface area (Å²) in [5.41, 5.74) is 1.32. The van der Waals surface area contributed by atoms with E-state index in [1.165, 1.54) is 31.5 Å². The number of piperidine rings is 1. The fraction of sp³-hybridized carbons (Fsp3) is 0.500. The first-order chi connectivity index (χ1) is 9.99. The number of hydrogen-bond acceptors (Lipinski definition) is 5. The number of aliphatic carboxylic acids is 2. The summed E-state index contributed by atoms with van der Waals surface area (Å²) in [6.07, 6.45) is 6.24. The van der Waals surface area contributed by atoms with Gasteiger partial charge in [0.2, 0.25) is 0 Å². The molecular weight excluding hydrogens is 290 g/mol. The van der Waals surface area contributed by atoms with Crippen molar-refractivity contribution in [1.29, 1.82) is 0 Å². The molecule has 0 radical (unpaired) electrons. The summed E-state index contributed by atoms with van der Waals surface area (Å²) >= 11 is 0. The van der Waals surface area contributed by atoms with E-state index in [-0.39, 0.29) is 5.48 Å². The van der Waals surface area contributed by atoms with Crippen LogP contribution in [0.25, 0.3) is 0 Å². The smallest absolute Gasteiger partial charge is 0.414 e. The number of aromatic nitrogens is 1. The van der Waals surface area contributed by atoms with E-state index in [1.807, 2.05) is 12.4 Å². The van der Waals surface area contributed by atoms with Gasteiger partial charge in [0.25, 0.3) is 0 Å². The van der Waals surface area contributed by atoms with E-state index in [4.69, 9.17) is 19.8 Å². The average Bonchev–Trinajstić information content (AvgIpc) is 2.48. The molecule has 1 aliphatic rings. The van der Waals surface area contributed by atoms with Crippen LogP contribution in [0.1, 0.15) is 18.4 Å². The molecule has 0 spiro atoms. The molecule has 0 aromatic carbocycles. The Hall–Kier alpha value is -2.03. The molecule has 0 saturated carbocycles. The summed E-state index contributed by atoms with van der Waals surface area (Å²) in [6, 6.07) is 4.83. The van der Waals surface area contributed by atoms with Crippen LogP contribution in [-0.4, -0.2) is 63.7 Å². The van der Waals surface area contributed by atoms with Gasteiger partial charge in [-0.05, 0) is 50.7 Å². The molecule has 1 aliphatic heterocycles. The van der Waals surface area contributed by atoms with E-state index in [0.717, 1.165) is 6.54 Å². The maximum atomic E-state index is 9.10. The summed E-state index contributed by atoms with van der Waals surface area (Å²) in [5.74, 6) is -3.65. The summed E-state index contributed by atoms with van der Waals surface area (Å²) in [4.78, 5) is 24.6. The van der Waals surface area contributed by atoms with E-state index < -0.39 is 11.9 Å². The van der Waals surface area contributed by atoms with Gasteiger partial charge in [0.05, 0.1) is 0 Å². The molecule has 124 valence electrons. The van der Waals surface area contributed by atoms with Gasteiger partial charge < -0.3 is 25.9 Å². The molecule has 8 nitrogen and oxygen atoms in total. The zero-order valence-electron chi connectivity index (χ0n) is 12.5. The van der Waals surface area contributed by atoms with Crippen molar-refractivity contribution in [3.05, 3.63) is 30.1 Å². The Morgan fingerprint density at radius 1 is 1.23 bits per heavy atom. The molecule has 1 aromatic rings. The Morgan fingerprint density at radius 2 is 1.73 bits per heavy atom. The highest BCUT2D eigenvalue weighted by Crippen LogP contribution is 2.09. The zero-order valence-corrected chi connectivity index (χ0v) is 12.5. The van der Waals surface area contributed by atoms with Gasteiger partial charge in [0, 0.05) is 25.0 Å². The lowest BCUT2D eigenvalue weighted by Gasteiger charge is -2.29. The second-order valence-electron chi connectivity index (χ2n) is 4.92. The first kappa shape index (κ1) is 20.0. The van der Waals surface area contributed by atoms with Gasteiger partial charge in [-0.3, -0.25) is 4.98 Å². The molecular formula is C14H23N3O5. The minimum absolute atomic E-state index is 0. The Bertz CT molecular complexity index is 435. The van der Waals surface area contributed by atoms with Gasteiger partial charge in [0.1, 0.15) is 0 Å². The third-order valence-electron chi connectivity index (χ3n) is 3.25. The van der Waals surface area contributed by atoms with Gasteiger partial charge >= 0.3 is 11.9 Å². The maximum absolute atomic E-state index is 9.10. The largest absolute Gasteiger partial charge is 0.473 e. The summed E-state index contributed by atoms with van der Waals surface area (Å²) in [7, 11) is 2.19. The minimum Gasteiger partial charge on any atom is -0.473 e. The van der Waals surface area contributed by atoms with Gasteiger partial charge in [-0.1, -0.05) is 0 Å². The number of carboxylic acid groups (broad SMARTS) is 2. The fourth-order valence-corrected chi connectivity index (χ4v) is 1.98. The van der Waals surface area contributed by atoms with Crippen molar-refractivity contribution in [3.8, 4) is 0 Å². The van der Waals surface area contributed by atoms with Crippen LogP contribution in [0.15, 0.2) is 24.5 Å². The van der Waals surface area contributed by atoms with E-state index in [9.17, 15) is 0 Å². The van der Waals surface area contributed by atoms with E-state index >= 15 is 0 Å². The summed E-state index contributed by atoms with van der Waals surface area (Å²) in [5, 5.41) is 18.4. The summed E-state index contributed by atoms with van der Waals surface area (Å²) < 4.78 is 0. The molecule has 22 heavy (non-hydrogen) atoms. The first-order valence-electron chi connectivity index (χ1n) is 6.76. The number of pyridine rings is 1. The van der Waals surface area contributed by atoms with Gasteiger partial charge in [-0.2, -0.15) is 0 Å². The number of hydrogen-bond donors (Lipinski definition) is 3. The SMILES string of the molecule is CN1CCC(NCc2ccncc2)CC1.O.O=C(O)C(=O)O. The van der Waals surface area contributed by atoms with Crippen molar-refractivity contribution in [3.63, 3.8) is 0 Å². The van der Waals surface area contributed by atoms with Crippen molar-refractivity contribution < 1.29 is 25.3 Å². The third kappa shape index (κ3) is 8.30. The van der Waals surface area contributed by atoms with Crippen LogP contribution in [0.2, 0.25) is 0 Å². The maximum Gasteiger partial charge on any atom is 0.414 e. The average molecular weight is 313 g/mol. The second kappa shape index (κ2) is 10.7. The Morgan fingerprint density at radius 3 is 2.18 bits per heavy atom. The normalized spacial score (nSPS) is 15.1. The van der Waals surface area contributed by atoms with Crippen molar-refractivity contribution in [2.45, 2.75) is 25.4 Å². The van der Waals surface area contributed by atoms with Crippen LogP contribution >= 0.6 is 0 Å². The first-order valence-corrected chi connectivity index (χ1v) is 6.76. The minimum atomic E-state index is -1.82. The number of nitrogens with zero attached hydrogens (tertiary/aromatic N) is 2. The second-order valence-corrected chi connectivity index (χ2v) is 4.92. The molecule has 2 heterocycles. The molecule has 1 saturated heterocycles. The predicted molar refractivity (Wildman–Crippen MR) is 80.5 cm³/mol. The van der Waals surface area contributed by atoms with Crippen LogP contribution in [0.3, 0.4) is 0 Å². The molecule has 0 aliphatic carbocycles. The van der Waals surface area contributed by atoms with Crippen LogP contribution in [0.4, 0.5) is 0 Å². The Balaban J connectivity index is 0.000000546. The number of rotatable bonds is 3. The van der Waals surface area contributed by atoms with Crippen LogP contribution in [0.5, 0.6) is 0 Å². The Labute approximate surface area is 129 Å². The standard InChI is InChI=1S/C12H19N3.C2H2O4.H2O/c1-15-8-4-12(5-9-15)14-10-11-2-6-13-7-3-11;3-1(4)2(5)6;/h2-3,6-7,12,14H,4-5,8-10H2,1H3;(H,3,4)(H,5,6);1H2. The molecule has 0 unspecified atom stereocenters. The number of carboxylic acids is 2. The van der Waals surface area contributed by atoms with Crippen molar-refractivity contribution in [2.75, 3.05) is 20.1 Å². The molecule has 8 heteroatoms. The lowest BCUT2D eigenvalue weighted by Crippen LogP contribution is -2.40. The van der Waals surface area contributed by atoms with Gasteiger partial charge in [-0.15, -0.1) is 0 Å². The topological polar surface area (TPSA) is 134 Å². The molecule has 0 amide bonds. The quantitative estimate of drug-likeness (QED) is 0.646. The number of likely N-dealkylation sites (tertiary alicyclic amines) is 1. The Kier molecular flexibility index (Phi) is 9.68. The monoisotopic (exact) mass is 313 g/mol. The molecule has 2 rings (SSSR count). The number of nitrogens with one attached hydrogen (secondary N) is 1. The van der Waals surface area contributed by atoms with Crippen molar-refractivity contribution >= 4 is 11.9 Å². The number of carbonyl (C=O) groups is 2. The molecule has 1 aromatic heterocycles. The molecule has 0 atom stereocenters. The van der Waals surface area contributed by atoms with Gasteiger partial charge in [0.15, 0.2) is 0 Å². The van der Waals surface area contributed by atoms with Crippen molar-refractivity contribution in [1.82, 2.24) is 15.2 Å². The van der Waals surface area contributed by atoms with E-state index in [0.29, 0.717) is 6.04 Å². The predicted octanol–water partition coefficient (Wildman–Crippen LogP) is -0.404. The van der Waals surface area contributed by atoms with Crippen LogP contribution in [-0.2, 0) is 16.1 Å². The van der Waals surface area contributed by atoms with Gasteiger partial charge in [-0.25, -0.2) is 9.59 Å². The van der Waals surface area contributed by atoms with E-state index in [1.54, 1.807) is 0 Å². The summed E-state index contributed by atoms with van der Waals surface area (Å²) in [6.45, 7) is 3.40. The van der Waals surface area contributed by atoms with Crippen molar-refractivity contribution in [2.24, 2.45) is 0 Å². The molecule has 1 fully saturated rings. The zero-order chi connectivity index (χ0) is 15.7. The molecule has 0 bridgehead atoms. The van der Waals surface area contributed by atoms with E-state index in [2.05, 4.69) is 34.4 Å². The highest BCUT2D eigenvalue weighted by Gasteiger charge is 2.15. The lowest BCUT2D eigenvalue weighted by molar-refractivity contribution is -0.159. The van der Waals surface area contributed by atoms with Crippen LogP contribution in [0, 0.1) is 0 Å². The highest BCUT2D eigenvalue weighted by molar-refractivity contribution is 6.27. The third-order valence-corrected chi connectivity index (χ3v) is 3.25. The molecule has 5 N–H and O–H groups in total. The van der Waals surface area contributed by atoms with Crippen LogP contribution < -0.4 is 5.32 Å². The highest BCUT2D eigenvalue weighted by atomic mass is 16.4. The fourth-order valence-electron chi connectivity index (χ4n) is 1.98.